The van der Waals surface area contributed by atoms with Crippen LogP contribution in [0.4, 0.5) is 34.1 Å². The minimum Gasteiger partial charge on any atom is -0.505 e. The fourth-order valence-corrected chi connectivity index (χ4v) is 5.58. The summed E-state index contributed by atoms with van der Waals surface area (Å²) in [5.41, 5.74) is 10.6. The number of fused-ring (bicyclic) bond motifs is 1. The lowest BCUT2D eigenvalue weighted by molar-refractivity contribution is 0.478. The van der Waals surface area contributed by atoms with Gasteiger partial charge in [0.25, 0.3) is 30.4 Å². The topological polar surface area (TPSA) is 285 Å². The Bertz CT molecular complexity index is 2150. The molecule has 220 valence electrons. The van der Waals surface area contributed by atoms with Gasteiger partial charge in [-0.05, 0) is 72.5 Å². The highest BCUT2D eigenvalue weighted by molar-refractivity contribution is 7.86. The summed E-state index contributed by atoms with van der Waals surface area (Å²) < 4.78 is 99.7. The molecule has 0 aromatic heterocycles. The molecule has 0 heterocycles. The third-order valence-corrected chi connectivity index (χ3v) is 8.36. The van der Waals surface area contributed by atoms with Gasteiger partial charge in [-0.25, -0.2) is 0 Å². The highest BCUT2D eigenvalue weighted by Crippen LogP contribution is 2.47. The molecule has 0 radical (unpaired) electrons. The molecule has 0 bridgehead atoms. The normalized spacial score (nSPS) is 13.0. The zero-order valence-electron chi connectivity index (χ0n) is 21.1. The summed E-state index contributed by atoms with van der Waals surface area (Å²) in [5.74, 6) is -0.684. The van der Waals surface area contributed by atoms with Gasteiger partial charge in [-0.15, -0.1) is 15.3 Å². The number of hydrogen-bond acceptors (Lipinski definition) is 13. The van der Waals surface area contributed by atoms with E-state index in [1.807, 2.05) is 0 Å². The SMILES string of the molecule is Cc1cc2cc(S(=O)(=O)O)c(N=Nc3ccc(N)cc3)c(N)c2c(O)c1N=Nc1cc(S(=O)(=O)O)ccc1S(=O)(=O)O. The molecule has 0 aliphatic rings. The number of aryl methyl sites for hydroxylation is 1. The number of azo groups is 2. The van der Waals surface area contributed by atoms with Gasteiger partial charge in [-0.2, -0.15) is 30.4 Å². The molecule has 42 heavy (non-hydrogen) atoms. The summed E-state index contributed by atoms with van der Waals surface area (Å²) in [5, 5.41) is 26.1. The average Bonchev–Trinajstić information content (AvgIpc) is 2.86. The first-order chi connectivity index (χ1) is 19.4. The smallest absolute Gasteiger partial charge is 0.296 e. The minimum absolute atomic E-state index is 0.0208. The number of anilines is 2. The molecule has 4 aromatic carbocycles. The Balaban J connectivity index is 1.95. The van der Waals surface area contributed by atoms with Crippen molar-refractivity contribution in [2.24, 2.45) is 20.5 Å². The molecule has 16 nitrogen and oxygen atoms in total. The summed E-state index contributed by atoms with van der Waals surface area (Å²) in [4.78, 5) is -2.35. The third kappa shape index (κ3) is 6.20. The van der Waals surface area contributed by atoms with Crippen LogP contribution in [-0.4, -0.2) is 44.0 Å². The predicted molar refractivity (Wildman–Crippen MR) is 150 cm³/mol. The minimum atomic E-state index is -4.94. The number of rotatable bonds is 7. The molecule has 0 unspecified atom stereocenters. The van der Waals surface area contributed by atoms with Crippen LogP contribution in [0.2, 0.25) is 0 Å². The van der Waals surface area contributed by atoms with Gasteiger partial charge in [-0.1, -0.05) is 0 Å². The summed E-state index contributed by atoms with van der Waals surface area (Å²) in [7, 11) is -14.7. The van der Waals surface area contributed by atoms with Gasteiger partial charge in [0.15, 0.2) is 5.75 Å². The number of benzene rings is 4. The van der Waals surface area contributed by atoms with Crippen LogP contribution in [0.5, 0.6) is 5.75 Å². The Hall–Kier alpha value is -4.53. The van der Waals surface area contributed by atoms with Crippen LogP contribution in [0.15, 0.2) is 89.7 Å². The molecule has 0 spiro atoms. The zero-order valence-corrected chi connectivity index (χ0v) is 23.6. The van der Waals surface area contributed by atoms with E-state index >= 15 is 0 Å². The molecule has 0 amide bonds. The second kappa shape index (κ2) is 10.7. The predicted octanol–water partition coefficient (Wildman–Crippen LogP) is 4.59. The summed E-state index contributed by atoms with van der Waals surface area (Å²) >= 11 is 0. The van der Waals surface area contributed by atoms with Crippen LogP contribution >= 0.6 is 0 Å². The lowest BCUT2D eigenvalue weighted by atomic mass is 10.0. The lowest BCUT2D eigenvalue weighted by Gasteiger charge is -2.13. The van der Waals surface area contributed by atoms with E-state index in [0.29, 0.717) is 23.9 Å². The Morgan fingerprint density at radius 3 is 1.83 bits per heavy atom. The quantitative estimate of drug-likeness (QED) is 0.0922. The van der Waals surface area contributed by atoms with Gasteiger partial charge in [0.1, 0.15) is 26.9 Å². The van der Waals surface area contributed by atoms with Crippen molar-refractivity contribution < 1.29 is 44.0 Å². The summed E-state index contributed by atoms with van der Waals surface area (Å²) in [6.45, 7) is 1.41. The van der Waals surface area contributed by atoms with E-state index in [2.05, 4.69) is 20.5 Å². The van der Waals surface area contributed by atoms with Gasteiger partial charge in [0, 0.05) is 5.69 Å². The Kier molecular flexibility index (Phi) is 7.76. The molecule has 0 aliphatic heterocycles. The van der Waals surface area contributed by atoms with Crippen LogP contribution < -0.4 is 11.5 Å². The number of nitrogens with zero attached hydrogens (tertiary/aromatic N) is 4. The number of phenolic OH excluding ortho intramolecular Hbond substituents is 1. The molecular formula is C23H20N6O10S3. The maximum Gasteiger partial charge on any atom is 0.296 e. The van der Waals surface area contributed by atoms with Crippen molar-refractivity contribution in [1.82, 2.24) is 0 Å². The molecule has 0 fully saturated rings. The van der Waals surface area contributed by atoms with Gasteiger partial charge in [0.05, 0.1) is 21.7 Å². The molecule has 4 aromatic rings. The van der Waals surface area contributed by atoms with E-state index in [1.165, 1.54) is 37.3 Å². The largest absolute Gasteiger partial charge is 0.505 e. The average molecular weight is 637 g/mol. The molecule has 8 N–H and O–H groups in total. The maximum atomic E-state index is 12.2. The van der Waals surface area contributed by atoms with Crippen molar-refractivity contribution in [3.63, 3.8) is 0 Å². The van der Waals surface area contributed by atoms with E-state index in [4.69, 9.17) is 11.5 Å². The molecule has 0 aliphatic carbocycles. The first-order valence-electron chi connectivity index (χ1n) is 11.2. The van der Waals surface area contributed by atoms with E-state index in [0.717, 1.165) is 6.07 Å². The van der Waals surface area contributed by atoms with E-state index < -0.39 is 67.9 Å². The molecule has 4 rings (SSSR count). The van der Waals surface area contributed by atoms with Crippen LogP contribution in [-0.2, 0) is 30.4 Å². The van der Waals surface area contributed by atoms with Gasteiger partial charge in [0.2, 0.25) is 0 Å². The second-order valence-electron chi connectivity index (χ2n) is 8.67. The first kappa shape index (κ1) is 30.4. The van der Waals surface area contributed by atoms with Crippen molar-refractivity contribution in [1.29, 1.82) is 0 Å². The van der Waals surface area contributed by atoms with Crippen molar-refractivity contribution in [2.75, 3.05) is 11.5 Å². The molecule has 19 heteroatoms. The van der Waals surface area contributed by atoms with Crippen LogP contribution in [0.3, 0.4) is 0 Å². The fraction of sp³-hybridized carbons (Fsp3) is 0.0435. The molecule has 0 atom stereocenters. The van der Waals surface area contributed by atoms with E-state index in [1.54, 1.807) is 0 Å². The van der Waals surface area contributed by atoms with Gasteiger partial charge >= 0.3 is 0 Å². The number of aromatic hydroxyl groups is 1. The Morgan fingerprint density at radius 2 is 1.26 bits per heavy atom. The standard InChI is InChI=1S/C23H20N6O10S3/c1-11-8-12-9-18(42(37,38)39)22(29-26-14-4-2-13(24)3-5-14)20(25)19(12)23(30)21(11)28-27-16-10-15(40(31,32)33)6-7-17(16)41(34,35)36/h2-10,30H,24-25H2,1H3,(H,31,32,33)(H,34,35,36)(H,37,38,39). The van der Waals surface area contributed by atoms with Crippen LogP contribution in [0.25, 0.3) is 10.8 Å². The maximum absolute atomic E-state index is 12.2. The van der Waals surface area contributed by atoms with Crippen molar-refractivity contribution >= 4 is 75.3 Å². The zero-order chi connectivity index (χ0) is 31.2. The van der Waals surface area contributed by atoms with Crippen LogP contribution in [0, 0.1) is 6.92 Å². The highest BCUT2D eigenvalue weighted by Gasteiger charge is 2.25. The lowest BCUT2D eigenvalue weighted by Crippen LogP contribution is -2.02. The number of nitrogen functional groups attached to an aromatic ring is 2. The van der Waals surface area contributed by atoms with Crippen molar-refractivity contribution in [3.05, 3.63) is 60.2 Å². The van der Waals surface area contributed by atoms with E-state index in [9.17, 15) is 44.0 Å². The van der Waals surface area contributed by atoms with Gasteiger partial charge in [-0.3, -0.25) is 13.7 Å². The second-order valence-corrected chi connectivity index (χ2v) is 12.9. The number of nitrogens with two attached hydrogens (primary N) is 2. The van der Waals surface area contributed by atoms with Crippen molar-refractivity contribution in [2.45, 2.75) is 21.6 Å². The monoisotopic (exact) mass is 636 g/mol. The van der Waals surface area contributed by atoms with Gasteiger partial charge < -0.3 is 16.6 Å². The first-order valence-corrected chi connectivity index (χ1v) is 15.5. The number of hydrogen-bond donors (Lipinski definition) is 6. The number of phenols is 1. The fourth-order valence-electron chi connectivity index (χ4n) is 3.81. The third-order valence-electron chi connectivity index (χ3n) is 5.74. The van der Waals surface area contributed by atoms with Crippen LogP contribution in [0.1, 0.15) is 5.56 Å². The Morgan fingerprint density at radius 1 is 0.667 bits per heavy atom. The summed E-state index contributed by atoms with van der Waals surface area (Å²) in [6.07, 6.45) is 0. The Labute approximate surface area is 238 Å². The van der Waals surface area contributed by atoms with Crippen molar-refractivity contribution in [3.8, 4) is 5.75 Å². The highest BCUT2D eigenvalue weighted by atomic mass is 32.2. The van der Waals surface area contributed by atoms with E-state index in [-0.39, 0.29) is 27.7 Å². The summed E-state index contributed by atoms with van der Waals surface area (Å²) in [6, 6.07) is 10.3. The molecule has 0 saturated carbocycles. The molecule has 0 saturated heterocycles. The molecular weight excluding hydrogens is 616 g/mol.